The second-order valence-electron chi connectivity index (χ2n) is 4.60. The molecule has 0 saturated heterocycles. The molecule has 0 aliphatic carbocycles. The smallest absolute Gasteiger partial charge is 0.177 e. The van der Waals surface area contributed by atoms with Crippen molar-refractivity contribution in [1.82, 2.24) is 14.5 Å². The van der Waals surface area contributed by atoms with Gasteiger partial charge in [-0.2, -0.15) is 0 Å². The van der Waals surface area contributed by atoms with Crippen molar-refractivity contribution in [3.63, 3.8) is 0 Å². The predicted molar refractivity (Wildman–Crippen MR) is 81.4 cm³/mol. The molecule has 0 radical (unpaired) electrons. The Kier molecular flexibility index (Phi) is 2.44. The third-order valence-electron chi connectivity index (χ3n) is 3.43. The van der Waals surface area contributed by atoms with E-state index in [1.807, 2.05) is 48.0 Å². The molecule has 0 amide bonds. The van der Waals surface area contributed by atoms with E-state index < -0.39 is 0 Å². The van der Waals surface area contributed by atoms with Crippen molar-refractivity contribution in [1.29, 1.82) is 0 Å². The molecule has 4 nitrogen and oxygen atoms in total. The van der Waals surface area contributed by atoms with Gasteiger partial charge >= 0.3 is 0 Å². The van der Waals surface area contributed by atoms with Gasteiger partial charge in [-0.15, -0.1) is 0 Å². The number of benzene rings is 1. The molecule has 0 N–H and O–H groups in total. The summed E-state index contributed by atoms with van der Waals surface area (Å²) in [5, 5.41) is 1.05. The lowest BCUT2D eigenvalue weighted by atomic mass is 10.2. The van der Waals surface area contributed by atoms with Crippen molar-refractivity contribution >= 4 is 37.9 Å². The first kappa shape index (κ1) is 11.7. The minimum atomic E-state index is 0.700. The van der Waals surface area contributed by atoms with Gasteiger partial charge in [0.15, 0.2) is 16.3 Å². The Morgan fingerprint density at radius 2 is 2.05 bits per heavy atom. The first-order valence-electron chi connectivity index (χ1n) is 6.20. The van der Waals surface area contributed by atoms with Crippen molar-refractivity contribution in [2.45, 2.75) is 0 Å². The summed E-state index contributed by atoms with van der Waals surface area (Å²) in [5.41, 5.74) is 2.96. The Morgan fingerprint density at radius 3 is 2.85 bits per heavy atom. The van der Waals surface area contributed by atoms with Crippen molar-refractivity contribution in [2.75, 3.05) is 0 Å². The van der Waals surface area contributed by atoms with Gasteiger partial charge in [-0.3, -0.25) is 4.98 Å². The molecule has 0 fully saturated rings. The van der Waals surface area contributed by atoms with Gasteiger partial charge in [-0.1, -0.05) is 0 Å². The Bertz CT molecular complexity index is 939. The highest BCUT2D eigenvalue weighted by atomic mass is 79.9. The highest BCUT2D eigenvalue weighted by Crippen LogP contribution is 2.30. The molecule has 5 heteroatoms. The molecule has 0 aliphatic heterocycles. The molecule has 4 aromatic rings. The van der Waals surface area contributed by atoms with Crippen LogP contribution < -0.4 is 0 Å². The largest absolute Gasteiger partial charge is 0.446 e. The Labute approximate surface area is 123 Å². The van der Waals surface area contributed by atoms with Crippen LogP contribution in [-0.2, 0) is 7.05 Å². The van der Waals surface area contributed by atoms with Gasteiger partial charge < -0.3 is 8.98 Å². The number of halogens is 1. The van der Waals surface area contributed by atoms with Crippen LogP contribution >= 0.6 is 15.9 Å². The van der Waals surface area contributed by atoms with Crippen LogP contribution in [-0.4, -0.2) is 14.5 Å². The summed E-state index contributed by atoms with van der Waals surface area (Å²) in [6.07, 6.45) is 1.79. The molecule has 20 heavy (non-hydrogen) atoms. The lowest BCUT2D eigenvalue weighted by molar-refractivity contribution is 0.549. The Morgan fingerprint density at radius 1 is 1.15 bits per heavy atom. The first-order chi connectivity index (χ1) is 9.74. The van der Waals surface area contributed by atoms with E-state index in [1.54, 1.807) is 6.20 Å². The van der Waals surface area contributed by atoms with Crippen molar-refractivity contribution in [3.05, 3.63) is 47.3 Å². The van der Waals surface area contributed by atoms with E-state index in [9.17, 15) is 0 Å². The van der Waals surface area contributed by atoms with E-state index >= 15 is 0 Å². The number of hydrogen-bond donors (Lipinski definition) is 0. The van der Waals surface area contributed by atoms with Gasteiger partial charge in [0, 0.05) is 18.6 Å². The topological polar surface area (TPSA) is 43.9 Å². The molecule has 1 aromatic carbocycles. The fourth-order valence-corrected chi connectivity index (χ4v) is 2.77. The molecule has 0 spiro atoms. The maximum Gasteiger partial charge on any atom is 0.177 e. The number of nitrogens with zero attached hydrogens (tertiary/aromatic N) is 3. The maximum atomic E-state index is 5.61. The zero-order valence-electron chi connectivity index (χ0n) is 10.7. The molecule has 4 rings (SSSR count). The molecule has 3 aromatic heterocycles. The minimum absolute atomic E-state index is 0.700. The summed E-state index contributed by atoms with van der Waals surface area (Å²) in [4.78, 5) is 9.10. The van der Waals surface area contributed by atoms with E-state index in [4.69, 9.17) is 9.40 Å². The highest BCUT2D eigenvalue weighted by molar-refractivity contribution is 9.10. The monoisotopic (exact) mass is 327 g/mol. The summed E-state index contributed by atoms with van der Waals surface area (Å²) in [7, 11) is 1.99. The van der Waals surface area contributed by atoms with Crippen LogP contribution in [0.3, 0.4) is 0 Å². The predicted octanol–water partition coefficient (Wildman–Crippen LogP) is 4.14. The lowest BCUT2D eigenvalue weighted by Gasteiger charge is -1.99. The molecular formula is C15H10BrN3O. The summed E-state index contributed by atoms with van der Waals surface area (Å²) in [6.45, 7) is 0. The Hall–Kier alpha value is -2.14. The summed E-state index contributed by atoms with van der Waals surface area (Å²) in [6, 6.07) is 11.8. The van der Waals surface area contributed by atoms with Gasteiger partial charge in [-0.25, -0.2) is 4.98 Å². The first-order valence-corrected chi connectivity index (χ1v) is 6.99. The molecule has 0 saturated carbocycles. The molecule has 0 atom stereocenters. The van der Waals surface area contributed by atoms with Crippen LogP contribution in [0.4, 0.5) is 0 Å². The average molecular weight is 328 g/mol. The second-order valence-corrected chi connectivity index (χ2v) is 5.38. The SMILES string of the molecule is Cn1c(-c2ccc(Br)o2)nc2c3cccnc3ccc21. The zero-order chi connectivity index (χ0) is 13.7. The fourth-order valence-electron chi connectivity index (χ4n) is 2.46. The van der Waals surface area contributed by atoms with Gasteiger partial charge in [-0.05, 0) is 52.3 Å². The quantitative estimate of drug-likeness (QED) is 0.527. The molecular weight excluding hydrogens is 318 g/mol. The number of pyridine rings is 1. The van der Waals surface area contributed by atoms with Crippen LogP contribution in [0, 0.1) is 0 Å². The van der Waals surface area contributed by atoms with Gasteiger partial charge in [0.1, 0.15) is 0 Å². The van der Waals surface area contributed by atoms with Gasteiger partial charge in [0.2, 0.25) is 0 Å². The van der Waals surface area contributed by atoms with Crippen LogP contribution in [0.2, 0.25) is 0 Å². The molecule has 0 aliphatic rings. The number of hydrogen-bond acceptors (Lipinski definition) is 3. The number of furan rings is 1. The molecule has 98 valence electrons. The van der Waals surface area contributed by atoms with E-state index in [1.165, 1.54) is 0 Å². The van der Waals surface area contributed by atoms with Crippen molar-refractivity contribution in [2.24, 2.45) is 7.05 Å². The van der Waals surface area contributed by atoms with Crippen LogP contribution in [0.25, 0.3) is 33.5 Å². The average Bonchev–Trinajstić information content (AvgIpc) is 3.03. The standard InChI is InChI=1S/C15H10BrN3O/c1-19-11-5-4-10-9(3-2-8-17-10)14(11)18-15(19)12-6-7-13(16)20-12/h2-8H,1H3. The number of aryl methyl sites for hydroxylation is 1. The van der Waals surface area contributed by atoms with Crippen molar-refractivity contribution < 1.29 is 4.42 Å². The molecule has 0 bridgehead atoms. The normalized spacial score (nSPS) is 11.5. The third kappa shape index (κ3) is 1.59. The summed E-state index contributed by atoms with van der Waals surface area (Å²) < 4.78 is 8.34. The summed E-state index contributed by atoms with van der Waals surface area (Å²) in [5.74, 6) is 1.55. The molecule has 0 unspecified atom stereocenters. The number of rotatable bonds is 1. The number of aromatic nitrogens is 3. The van der Waals surface area contributed by atoms with E-state index in [0.29, 0.717) is 4.67 Å². The third-order valence-corrected chi connectivity index (χ3v) is 3.85. The zero-order valence-corrected chi connectivity index (χ0v) is 12.3. The number of fused-ring (bicyclic) bond motifs is 3. The maximum absolute atomic E-state index is 5.61. The van der Waals surface area contributed by atoms with Crippen LogP contribution in [0.5, 0.6) is 0 Å². The van der Waals surface area contributed by atoms with Gasteiger partial charge in [0.25, 0.3) is 0 Å². The second kappa shape index (κ2) is 4.18. The van der Waals surface area contributed by atoms with Crippen LogP contribution in [0.1, 0.15) is 0 Å². The number of imidazole rings is 1. The fraction of sp³-hybridized carbons (Fsp3) is 0.0667. The van der Waals surface area contributed by atoms with E-state index in [-0.39, 0.29) is 0 Å². The Balaban J connectivity index is 2.09. The summed E-state index contributed by atoms with van der Waals surface area (Å²) >= 11 is 3.32. The van der Waals surface area contributed by atoms with E-state index in [2.05, 4.69) is 20.9 Å². The minimum Gasteiger partial charge on any atom is -0.446 e. The van der Waals surface area contributed by atoms with Crippen LogP contribution in [0.15, 0.2) is 51.7 Å². The highest BCUT2D eigenvalue weighted by Gasteiger charge is 2.14. The lowest BCUT2D eigenvalue weighted by Crippen LogP contribution is -1.90. The molecule has 3 heterocycles. The van der Waals surface area contributed by atoms with E-state index in [0.717, 1.165) is 33.5 Å². The van der Waals surface area contributed by atoms with Gasteiger partial charge in [0.05, 0.1) is 16.6 Å². The van der Waals surface area contributed by atoms with Crippen molar-refractivity contribution in [3.8, 4) is 11.6 Å².